The van der Waals surface area contributed by atoms with Crippen molar-refractivity contribution in [2.24, 2.45) is 17.3 Å². The fourth-order valence-electron chi connectivity index (χ4n) is 6.14. The Bertz CT molecular complexity index is 1180. The third-order valence-corrected chi connectivity index (χ3v) is 10.1. The summed E-state index contributed by atoms with van der Waals surface area (Å²) in [7, 11) is -3.41. The number of nitrogens with one attached hydrogen (secondary N) is 1. The number of carbonyl (C=O) groups is 1. The topological polar surface area (TPSA) is 66.5 Å². The van der Waals surface area contributed by atoms with Crippen molar-refractivity contribution >= 4 is 39.1 Å². The van der Waals surface area contributed by atoms with Crippen LogP contribution in [0.2, 0.25) is 5.02 Å². The van der Waals surface area contributed by atoms with E-state index >= 15 is 0 Å². The molecule has 5 nitrogen and oxygen atoms in total. The maximum Gasteiger partial charge on any atom is 0.229 e. The third kappa shape index (κ3) is 6.52. The molecule has 37 heavy (non-hydrogen) atoms. The predicted molar refractivity (Wildman–Crippen MR) is 152 cm³/mol. The highest BCUT2D eigenvalue weighted by molar-refractivity contribution is 7.89. The van der Waals surface area contributed by atoms with Gasteiger partial charge in [0.25, 0.3) is 0 Å². The van der Waals surface area contributed by atoms with Crippen LogP contribution >= 0.6 is 23.2 Å². The molecule has 0 spiro atoms. The van der Waals surface area contributed by atoms with Crippen LogP contribution in [0.5, 0.6) is 0 Å². The second-order valence-electron chi connectivity index (χ2n) is 11.0. The number of hydrogen-bond acceptors (Lipinski definition) is 3. The van der Waals surface area contributed by atoms with Gasteiger partial charge in [-0.1, -0.05) is 67.4 Å². The van der Waals surface area contributed by atoms with Crippen molar-refractivity contribution in [1.82, 2.24) is 9.62 Å². The maximum absolute atomic E-state index is 14.4. The summed E-state index contributed by atoms with van der Waals surface area (Å²) >= 11 is 12.7. The number of hydrogen-bond donors (Lipinski definition) is 1. The second-order valence-corrected chi connectivity index (χ2v) is 13.8. The van der Waals surface area contributed by atoms with Crippen LogP contribution in [0.1, 0.15) is 63.9 Å². The molecule has 3 aliphatic rings. The molecule has 1 aromatic carbocycles. The standard InChI is InChI=1S/C29H38Cl2N2O3S/c1-4-15-29(3)18-25(22-7-6-8-24(31)17-22)27(21-11-13-23(30)14-12-21)33(28(29)34)26(20-9-10-20)19-32-37(35,36)16-5-2/h4,6-8,11,13-14,17,20-21,25-27,32H,1,5,9-10,12,15-16,18-19H2,2-3H3/t21?,25-,26?,27?,29+/m1/s1. The molecular weight excluding hydrogens is 527 g/mol. The van der Waals surface area contributed by atoms with Crippen molar-refractivity contribution in [2.45, 2.75) is 70.4 Å². The van der Waals surface area contributed by atoms with Gasteiger partial charge in [0.1, 0.15) is 0 Å². The molecule has 0 bridgehead atoms. The first kappa shape index (κ1) is 28.4. The molecule has 2 aliphatic carbocycles. The number of amides is 1. The molecule has 1 aromatic rings. The van der Waals surface area contributed by atoms with Gasteiger partial charge < -0.3 is 4.90 Å². The fourth-order valence-corrected chi connectivity index (χ4v) is 7.61. The average molecular weight is 566 g/mol. The van der Waals surface area contributed by atoms with Crippen molar-refractivity contribution in [1.29, 1.82) is 0 Å². The molecule has 0 radical (unpaired) electrons. The zero-order chi connectivity index (χ0) is 26.8. The molecule has 0 aromatic heterocycles. The van der Waals surface area contributed by atoms with Crippen molar-refractivity contribution in [3.05, 3.63) is 70.8 Å². The molecular formula is C29H38Cl2N2O3S. The lowest BCUT2D eigenvalue weighted by Gasteiger charge is -2.54. The summed E-state index contributed by atoms with van der Waals surface area (Å²) in [6, 6.07) is 7.57. The zero-order valence-electron chi connectivity index (χ0n) is 21.7. The Morgan fingerprint density at radius 2 is 2.05 bits per heavy atom. The van der Waals surface area contributed by atoms with Crippen LogP contribution in [0.15, 0.2) is 60.2 Å². The number of piperidine rings is 1. The molecule has 1 aliphatic heterocycles. The molecule has 5 atom stereocenters. The van der Waals surface area contributed by atoms with E-state index in [2.05, 4.69) is 28.3 Å². The van der Waals surface area contributed by atoms with Gasteiger partial charge in [0.05, 0.1) is 11.2 Å². The third-order valence-electron chi connectivity index (χ3n) is 8.06. The summed E-state index contributed by atoms with van der Waals surface area (Å²) in [6.45, 7) is 8.06. The Hall–Kier alpha value is -1.60. The normalized spacial score (nSPS) is 29.2. The van der Waals surface area contributed by atoms with E-state index in [1.807, 2.05) is 50.3 Å². The van der Waals surface area contributed by atoms with E-state index < -0.39 is 15.4 Å². The Kier molecular flexibility index (Phi) is 8.94. The van der Waals surface area contributed by atoms with Gasteiger partial charge in [-0.25, -0.2) is 13.1 Å². The lowest BCUT2D eigenvalue weighted by Crippen LogP contribution is -2.63. The first-order valence-electron chi connectivity index (χ1n) is 13.3. The second kappa shape index (κ2) is 11.6. The number of halogens is 2. The number of sulfonamides is 1. The molecule has 4 rings (SSSR count). The van der Waals surface area contributed by atoms with Gasteiger partial charge in [0.15, 0.2) is 0 Å². The van der Waals surface area contributed by atoms with Gasteiger partial charge in [0, 0.05) is 40.5 Å². The SMILES string of the molecule is C=CC[C@@]1(C)C[C@H](c2cccc(Cl)c2)C(C2C=CC(Cl)=CC2)N(C(CNS(=O)(=O)CCC)C2CC2)C1=O. The van der Waals surface area contributed by atoms with E-state index in [1.54, 1.807) is 0 Å². The smallest absolute Gasteiger partial charge is 0.229 e. The van der Waals surface area contributed by atoms with E-state index in [9.17, 15) is 13.2 Å². The van der Waals surface area contributed by atoms with Crippen molar-refractivity contribution in [3.63, 3.8) is 0 Å². The molecule has 3 unspecified atom stereocenters. The summed E-state index contributed by atoms with van der Waals surface area (Å²) in [5.74, 6) is 0.507. The van der Waals surface area contributed by atoms with E-state index in [0.29, 0.717) is 29.3 Å². The minimum absolute atomic E-state index is 0.0229. The quantitative estimate of drug-likeness (QED) is 0.315. The molecule has 202 valence electrons. The number of nitrogens with zero attached hydrogens (tertiary/aromatic N) is 1. The lowest BCUT2D eigenvalue weighted by molar-refractivity contribution is -0.156. The van der Waals surface area contributed by atoms with E-state index in [1.165, 1.54) is 0 Å². The highest BCUT2D eigenvalue weighted by Gasteiger charge is 2.54. The molecule has 8 heteroatoms. The number of likely N-dealkylation sites (tertiary alicyclic amines) is 1. The summed E-state index contributed by atoms with van der Waals surface area (Å²) in [6.07, 6.45) is 12.3. The van der Waals surface area contributed by atoms with Crippen LogP contribution in [0.4, 0.5) is 0 Å². The van der Waals surface area contributed by atoms with Crippen molar-refractivity contribution in [2.75, 3.05) is 12.3 Å². The summed E-state index contributed by atoms with van der Waals surface area (Å²) < 4.78 is 28.1. The van der Waals surface area contributed by atoms with E-state index in [-0.39, 0.29) is 48.0 Å². The minimum Gasteiger partial charge on any atom is -0.333 e. The van der Waals surface area contributed by atoms with Crippen LogP contribution in [-0.2, 0) is 14.8 Å². The number of benzene rings is 1. The number of carbonyl (C=O) groups excluding carboxylic acids is 1. The zero-order valence-corrected chi connectivity index (χ0v) is 24.0. The fraction of sp³-hybridized carbons (Fsp3) is 0.552. The van der Waals surface area contributed by atoms with Crippen molar-refractivity contribution < 1.29 is 13.2 Å². The summed E-state index contributed by atoms with van der Waals surface area (Å²) in [5, 5.41) is 1.37. The van der Waals surface area contributed by atoms with Crippen LogP contribution in [0, 0.1) is 17.3 Å². The average Bonchev–Trinajstić information content (AvgIpc) is 3.68. The Morgan fingerprint density at radius 3 is 2.65 bits per heavy atom. The molecule has 1 N–H and O–H groups in total. The monoisotopic (exact) mass is 564 g/mol. The molecule has 1 amide bonds. The Balaban J connectivity index is 1.81. The van der Waals surface area contributed by atoms with E-state index in [0.717, 1.165) is 24.8 Å². The van der Waals surface area contributed by atoms with Gasteiger partial charge in [-0.05, 0) is 68.2 Å². The van der Waals surface area contributed by atoms with Gasteiger partial charge in [0.2, 0.25) is 15.9 Å². The molecule has 1 heterocycles. The van der Waals surface area contributed by atoms with Crippen molar-refractivity contribution in [3.8, 4) is 0 Å². The van der Waals surface area contributed by atoms with Gasteiger partial charge in [-0.2, -0.15) is 0 Å². The van der Waals surface area contributed by atoms with Crippen LogP contribution < -0.4 is 4.72 Å². The number of rotatable bonds is 11. The molecule has 1 saturated carbocycles. The first-order chi connectivity index (χ1) is 17.6. The molecule has 1 saturated heterocycles. The largest absolute Gasteiger partial charge is 0.333 e. The predicted octanol–water partition coefficient (Wildman–Crippen LogP) is 6.41. The van der Waals surface area contributed by atoms with Gasteiger partial charge >= 0.3 is 0 Å². The Labute approximate surface area is 232 Å². The van der Waals surface area contributed by atoms with Crippen LogP contribution in [0.3, 0.4) is 0 Å². The van der Waals surface area contributed by atoms with Crippen LogP contribution in [0.25, 0.3) is 0 Å². The Morgan fingerprint density at radius 1 is 1.30 bits per heavy atom. The highest BCUT2D eigenvalue weighted by atomic mass is 35.5. The highest BCUT2D eigenvalue weighted by Crippen LogP contribution is 2.51. The van der Waals surface area contributed by atoms with Gasteiger partial charge in [-0.15, -0.1) is 6.58 Å². The number of allylic oxidation sites excluding steroid dienone is 4. The van der Waals surface area contributed by atoms with Gasteiger partial charge in [-0.3, -0.25) is 4.79 Å². The summed E-state index contributed by atoms with van der Waals surface area (Å²) in [5.41, 5.74) is 0.451. The first-order valence-corrected chi connectivity index (χ1v) is 15.7. The van der Waals surface area contributed by atoms with E-state index in [4.69, 9.17) is 23.2 Å². The summed E-state index contributed by atoms with van der Waals surface area (Å²) in [4.78, 5) is 16.5. The lowest BCUT2D eigenvalue weighted by atomic mass is 9.65. The van der Waals surface area contributed by atoms with Crippen LogP contribution in [-0.4, -0.2) is 43.6 Å². The maximum atomic E-state index is 14.4. The minimum atomic E-state index is -3.41. The molecule has 2 fully saturated rings.